The Kier molecular flexibility index (Phi) is 6.06. The lowest BCUT2D eigenvalue weighted by Crippen LogP contribution is -2.20. The maximum atomic E-state index is 12.0. The molecule has 2 N–H and O–H groups in total. The number of ketones is 1. The molecule has 0 fully saturated rings. The maximum absolute atomic E-state index is 12.0. The van der Waals surface area contributed by atoms with Crippen LogP contribution in [0.1, 0.15) is 37.8 Å². The molecule has 0 radical (unpaired) electrons. The zero-order valence-electron chi connectivity index (χ0n) is 11.8. The van der Waals surface area contributed by atoms with Crippen molar-refractivity contribution < 1.29 is 4.79 Å². The third-order valence-corrected chi connectivity index (χ3v) is 3.14. The van der Waals surface area contributed by atoms with E-state index in [9.17, 15) is 4.79 Å². The van der Waals surface area contributed by atoms with E-state index in [-0.39, 0.29) is 0 Å². The van der Waals surface area contributed by atoms with Gasteiger partial charge in [0.25, 0.3) is 0 Å². The van der Waals surface area contributed by atoms with Crippen LogP contribution in [-0.4, -0.2) is 12.3 Å². The van der Waals surface area contributed by atoms with Gasteiger partial charge in [0.2, 0.25) is 0 Å². The predicted molar refractivity (Wildman–Crippen MR) is 76.5 cm³/mol. The Morgan fingerprint density at radius 3 is 2.61 bits per heavy atom. The van der Waals surface area contributed by atoms with Crippen LogP contribution in [0.5, 0.6) is 0 Å². The standard InChI is InChI=1S/C16H25NO/c1-12(2)7-15(11-17)10-16(18)9-14-6-4-5-13(3)8-14/h4-6,8,12,15H,7,9-11,17H2,1-3H3. The number of aryl methyl sites for hydroxylation is 1. The molecule has 0 aliphatic heterocycles. The Morgan fingerprint density at radius 1 is 1.33 bits per heavy atom. The fraction of sp³-hybridized carbons (Fsp3) is 0.562. The minimum Gasteiger partial charge on any atom is -0.330 e. The molecule has 1 unspecified atom stereocenters. The summed E-state index contributed by atoms with van der Waals surface area (Å²) >= 11 is 0. The van der Waals surface area contributed by atoms with E-state index < -0.39 is 0 Å². The molecule has 0 saturated carbocycles. The number of benzene rings is 1. The van der Waals surface area contributed by atoms with Crippen molar-refractivity contribution >= 4 is 5.78 Å². The van der Waals surface area contributed by atoms with Crippen molar-refractivity contribution in [3.8, 4) is 0 Å². The van der Waals surface area contributed by atoms with E-state index in [0.717, 1.165) is 12.0 Å². The highest BCUT2D eigenvalue weighted by molar-refractivity contribution is 5.81. The third-order valence-electron chi connectivity index (χ3n) is 3.14. The lowest BCUT2D eigenvalue weighted by molar-refractivity contribution is -0.119. The van der Waals surface area contributed by atoms with Crippen LogP contribution in [0.4, 0.5) is 0 Å². The molecule has 2 heteroatoms. The number of carbonyl (C=O) groups is 1. The van der Waals surface area contributed by atoms with Crippen molar-refractivity contribution in [1.82, 2.24) is 0 Å². The third kappa shape index (κ3) is 5.46. The molecule has 1 aromatic carbocycles. The second kappa shape index (κ2) is 7.32. The van der Waals surface area contributed by atoms with Gasteiger partial charge in [0.1, 0.15) is 5.78 Å². The van der Waals surface area contributed by atoms with Crippen LogP contribution < -0.4 is 5.73 Å². The summed E-state index contributed by atoms with van der Waals surface area (Å²) < 4.78 is 0. The van der Waals surface area contributed by atoms with E-state index in [2.05, 4.69) is 32.9 Å². The van der Waals surface area contributed by atoms with E-state index in [4.69, 9.17) is 5.73 Å². The highest BCUT2D eigenvalue weighted by atomic mass is 16.1. The second-order valence-corrected chi connectivity index (χ2v) is 5.64. The second-order valence-electron chi connectivity index (χ2n) is 5.64. The van der Waals surface area contributed by atoms with Gasteiger partial charge < -0.3 is 5.73 Å². The zero-order valence-corrected chi connectivity index (χ0v) is 11.8. The van der Waals surface area contributed by atoms with Crippen molar-refractivity contribution in [1.29, 1.82) is 0 Å². The van der Waals surface area contributed by atoms with E-state index in [1.807, 2.05) is 12.1 Å². The van der Waals surface area contributed by atoms with Gasteiger partial charge in [-0.3, -0.25) is 4.79 Å². The number of nitrogens with two attached hydrogens (primary N) is 1. The van der Waals surface area contributed by atoms with E-state index in [1.54, 1.807) is 0 Å². The quantitative estimate of drug-likeness (QED) is 0.804. The summed E-state index contributed by atoms with van der Waals surface area (Å²) in [5, 5.41) is 0. The average Bonchev–Trinajstić information content (AvgIpc) is 2.27. The van der Waals surface area contributed by atoms with E-state index in [0.29, 0.717) is 37.0 Å². The molecule has 18 heavy (non-hydrogen) atoms. The van der Waals surface area contributed by atoms with Crippen LogP contribution in [0, 0.1) is 18.8 Å². The minimum atomic E-state index is 0.303. The molecule has 0 amide bonds. The van der Waals surface area contributed by atoms with Gasteiger partial charge in [0.15, 0.2) is 0 Å². The van der Waals surface area contributed by atoms with Gasteiger partial charge in [-0.2, -0.15) is 0 Å². The van der Waals surface area contributed by atoms with Crippen LogP contribution in [0.3, 0.4) is 0 Å². The molecular weight excluding hydrogens is 222 g/mol. The molecule has 1 rings (SSSR count). The van der Waals surface area contributed by atoms with Crippen molar-refractivity contribution in [3.05, 3.63) is 35.4 Å². The SMILES string of the molecule is Cc1cccc(CC(=O)CC(CN)CC(C)C)c1. The minimum absolute atomic E-state index is 0.303. The molecule has 0 spiro atoms. The van der Waals surface area contributed by atoms with Crippen molar-refractivity contribution in [3.63, 3.8) is 0 Å². The maximum Gasteiger partial charge on any atom is 0.137 e. The van der Waals surface area contributed by atoms with Crippen LogP contribution in [0.2, 0.25) is 0 Å². The molecular formula is C16H25NO. The highest BCUT2D eigenvalue weighted by Crippen LogP contribution is 2.16. The molecule has 0 aliphatic rings. The average molecular weight is 247 g/mol. The molecule has 1 aromatic rings. The Labute approximate surface area is 111 Å². The van der Waals surface area contributed by atoms with Gasteiger partial charge in [-0.15, -0.1) is 0 Å². The topological polar surface area (TPSA) is 43.1 Å². The highest BCUT2D eigenvalue weighted by Gasteiger charge is 2.14. The van der Waals surface area contributed by atoms with Gasteiger partial charge in [-0.05, 0) is 37.3 Å². The summed E-state index contributed by atoms with van der Waals surface area (Å²) in [6.07, 6.45) is 2.19. The molecule has 0 saturated heterocycles. The molecule has 1 atom stereocenters. The van der Waals surface area contributed by atoms with E-state index in [1.165, 1.54) is 5.56 Å². The molecule has 100 valence electrons. The number of hydrogen-bond donors (Lipinski definition) is 1. The van der Waals surface area contributed by atoms with Gasteiger partial charge in [0.05, 0.1) is 0 Å². The van der Waals surface area contributed by atoms with Gasteiger partial charge >= 0.3 is 0 Å². The summed E-state index contributed by atoms with van der Waals surface area (Å²) in [4.78, 5) is 12.0. The number of rotatable bonds is 7. The van der Waals surface area contributed by atoms with Crippen LogP contribution >= 0.6 is 0 Å². The van der Waals surface area contributed by atoms with Crippen LogP contribution in [-0.2, 0) is 11.2 Å². The van der Waals surface area contributed by atoms with Crippen molar-refractivity contribution in [2.45, 2.75) is 40.0 Å². The summed E-state index contributed by atoms with van der Waals surface area (Å²) in [6.45, 7) is 7.01. The summed E-state index contributed by atoms with van der Waals surface area (Å²) in [5.74, 6) is 1.24. The first-order chi connectivity index (χ1) is 8.51. The first kappa shape index (κ1) is 14.9. The Hall–Kier alpha value is -1.15. The monoisotopic (exact) mass is 247 g/mol. The Balaban J connectivity index is 2.50. The molecule has 0 aromatic heterocycles. The molecule has 0 aliphatic carbocycles. The van der Waals surface area contributed by atoms with Crippen LogP contribution in [0.25, 0.3) is 0 Å². The lowest BCUT2D eigenvalue weighted by atomic mass is 9.91. The fourth-order valence-electron chi connectivity index (χ4n) is 2.37. The summed E-state index contributed by atoms with van der Waals surface area (Å²) in [7, 11) is 0. The smallest absolute Gasteiger partial charge is 0.137 e. The summed E-state index contributed by atoms with van der Waals surface area (Å²) in [5.41, 5.74) is 8.05. The van der Waals surface area contributed by atoms with Crippen LogP contribution in [0.15, 0.2) is 24.3 Å². The normalized spacial score (nSPS) is 12.7. The molecule has 2 nitrogen and oxygen atoms in total. The lowest BCUT2D eigenvalue weighted by Gasteiger charge is -2.16. The fourth-order valence-corrected chi connectivity index (χ4v) is 2.37. The molecule has 0 heterocycles. The first-order valence-electron chi connectivity index (χ1n) is 6.78. The van der Waals surface area contributed by atoms with Gasteiger partial charge in [-0.1, -0.05) is 43.7 Å². The number of Topliss-reactive ketones (excluding diaryl/α,β-unsaturated/α-hetero) is 1. The predicted octanol–water partition coefficient (Wildman–Crippen LogP) is 3.12. The van der Waals surface area contributed by atoms with Crippen molar-refractivity contribution in [2.24, 2.45) is 17.6 Å². The van der Waals surface area contributed by atoms with Gasteiger partial charge in [-0.25, -0.2) is 0 Å². The Bertz CT molecular complexity index is 384. The first-order valence-corrected chi connectivity index (χ1v) is 6.78. The Morgan fingerprint density at radius 2 is 2.06 bits per heavy atom. The van der Waals surface area contributed by atoms with Gasteiger partial charge in [0, 0.05) is 12.8 Å². The van der Waals surface area contributed by atoms with Crippen molar-refractivity contribution in [2.75, 3.05) is 6.54 Å². The molecule has 0 bridgehead atoms. The largest absolute Gasteiger partial charge is 0.330 e. The number of carbonyl (C=O) groups excluding carboxylic acids is 1. The van der Waals surface area contributed by atoms with E-state index >= 15 is 0 Å². The summed E-state index contributed by atoms with van der Waals surface area (Å²) in [6, 6.07) is 8.16. The number of hydrogen-bond acceptors (Lipinski definition) is 2. The zero-order chi connectivity index (χ0) is 13.5.